The summed E-state index contributed by atoms with van der Waals surface area (Å²) in [7, 11) is -3.78. The van der Waals surface area contributed by atoms with Crippen molar-refractivity contribution in [2.75, 3.05) is 25.0 Å². The first-order chi connectivity index (χ1) is 15.8. The van der Waals surface area contributed by atoms with Crippen molar-refractivity contribution in [3.8, 4) is 5.75 Å². The van der Waals surface area contributed by atoms with Gasteiger partial charge in [0, 0.05) is 35.9 Å². The molecule has 1 fully saturated rings. The molecular formula is C24H26FN3O4S. The van der Waals surface area contributed by atoms with Crippen molar-refractivity contribution in [3.63, 3.8) is 0 Å². The third-order valence-corrected chi connectivity index (χ3v) is 7.50. The minimum Gasteiger partial charge on any atom is -0.492 e. The Morgan fingerprint density at radius 3 is 2.61 bits per heavy atom. The molecule has 9 heteroatoms. The van der Waals surface area contributed by atoms with Gasteiger partial charge in [0.1, 0.15) is 16.5 Å². The maximum atomic E-state index is 13.6. The van der Waals surface area contributed by atoms with Crippen LogP contribution in [-0.2, 0) is 10.0 Å². The van der Waals surface area contributed by atoms with E-state index in [2.05, 4.69) is 10.3 Å². The molecule has 1 saturated heterocycles. The van der Waals surface area contributed by atoms with E-state index in [4.69, 9.17) is 4.74 Å². The first-order valence-corrected chi connectivity index (χ1v) is 12.4. The predicted molar refractivity (Wildman–Crippen MR) is 125 cm³/mol. The number of carbonyl (C=O) groups excluding carboxylic acids is 1. The molecule has 0 bridgehead atoms. The van der Waals surface area contributed by atoms with Crippen LogP contribution in [0.1, 0.15) is 42.2 Å². The van der Waals surface area contributed by atoms with Crippen molar-refractivity contribution in [3.05, 3.63) is 59.5 Å². The number of nitrogens with zero attached hydrogens (tertiary/aromatic N) is 2. The highest BCUT2D eigenvalue weighted by atomic mass is 32.2. The number of carbonyl (C=O) groups is 1. The summed E-state index contributed by atoms with van der Waals surface area (Å²) >= 11 is 0. The average molecular weight is 472 g/mol. The zero-order valence-electron chi connectivity index (χ0n) is 18.6. The summed E-state index contributed by atoms with van der Waals surface area (Å²) in [6.45, 7) is 4.74. The number of hydrogen-bond acceptors (Lipinski definition) is 5. The minimum atomic E-state index is -3.78. The zero-order valence-corrected chi connectivity index (χ0v) is 19.4. The van der Waals surface area contributed by atoms with Crippen LogP contribution in [0.25, 0.3) is 10.9 Å². The van der Waals surface area contributed by atoms with Crippen molar-refractivity contribution in [2.24, 2.45) is 0 Å². The Labute approximate surface area is 192 Å². The summed E-state index contributed by atoms with van der Waals surface area (Å²) in [5, 5.41) is 3.28. The largest absolute Gasteiger partial charge is 0.492 e. The van der Waals surface area contributed by atoms with Gasteiger partial charge < -0.3 is 10.1 Å². The van der Waals surface area contributed by atoms with E-state index in [1.165, 1.54) is 28.6 Å². The molecule has 1 amide bonds. The van der Waals surface area contributed by atoms with Crippen LogP contribution in [0.2, 0.25) is 0 Å². The van der Waals surface area contributed by atoms with Crippen LogP contribution in [0.3, 0.4) is 0 Å². The molecule has 2 aromatic carbocycles. The van der Waals surface area contributed by atoms with Gasteiger partial charge in [-0.05, 0) is 63.1 Å². The van der Waals surface area contributed by atoms with E-state index in [1.54, 1.807) is 32.0 Å². The zero-order chi connectivity index (χ0) is 23.6. The molecule has 1 aliphatic rings. The summed E-state index contributed by atoms with van der Waals surface area (Å²) in [6, 6.07) is 10.3. The third kappa shape index (κ3) is 4.84. The number of sulfonamides is 1. The van der Waals surface area contributed by atoms with Gasteiger partial charge in [-0.25, -0.2) is 12.8 Å². The third-order valence-electron chi connectivity index (χ3n) is 5.58. The van der Waals surface area contributed by atoms with Crippen molar-refractivity contribution in [1.29, 1.82) is 0 Å². The number of aryl methyl sites for hydroxylation is 1. The Morgan fingerprint density at radius 2 is 1.88 bits per heavy atom. The lowest BCUT2D eigenvalue weighted by Crippen LogP contribution is -2.35. The molecular weight excluding hydrogens is 445 g/mol. The van der Waals surface area contributed by atoms with Gasteiger partial charge in [0.05, 0.1) is 17.7 Å². The van der Waals surface area contributed by atoms with Gasteiger partial charge in [-0.2, -0.15) is 4.31 Å². The van der Waals surface area contributed by atoms with Gasteiger partial charge in [0.2, 0.25) is 10.0 Å². The summed E-state index contributed by atoms with van der Waals surface area (Å²) in [6.07, 6.45) is 2.63. The summed E-state index contributed by atoms with van der Waals surface area (Å²) < 4.78 is 47.4. The van der Waals surface area contributed by atoms with E-state index in [0.29, 0.717) is 47.5 Å². The quantitative estimate of drug-likeness (QED) is 0.572. The SMILES string of the molecule is CCOc1ccc(NC(=O)c2cc(C)nc3cc(F)ccc23)cc1S(=O)(=O)N1CCCCC1. The van der Waals surface area contributed by atoms with Gasteiger partial charge in [-0.15, -0.1) is 0 Å². The molecule has 1 aromatic heterocycles. The van der Waals surface area contributed by atoms with Gasteiger partial charge in [0.25, 0.3) is 5.91 Å². The second-order valence-corrected chi connectivity index (χ2v) is 9.89. The number of ether oxygens (including phenoxy) is 1. The van der Waals surface area contributed by atoms with Crippen LogP contribution < -0.4 is 10.1 Å². The van der Waals surface area contributed by atoms with Crippen molar-refractivity contribution >= 4 is 32.5 Å². The maximum Gasteiger partial charge on any atom is 0.256 e. The smallest absolute Gasteiger partial charge is 0.256 e. The normalized spacial score (nSPS) is 14.9. The topological polar surface area (TPSA) is 88.6 Å². The molecule has 4 rings (SSSR count). The lowest BCUT2D eigenvalue weighted by atomic mass is 10.1. The standard InChI is InChI=1S/C24H26FN3O4S/c1-3-32-22-10-8-18(15-23(22)33(30,31)28-11-5-4-6-12-28)27-24(29)20-13-16(2)26-21-14-17(25)7-9-19(20)21/h7-10,13-15H,3-6,11-12H2,1-2H3,(H,27,29). The van der Waals surface area contributed by atoms with Crippen LogP contribution in [0, 0.1) is 12.7 Å². The summed E-state index contributed by atoms with van der Waals surface area (Å²) in [5.74, 6) is -0.629. The fourth-order valence-corrected chi connectivity index (χ4v) is 5.70. The summed E-state index contributed by atoms with van der Waals surface area (Å²) in [4.78, 5) is 17.4. The average Bonchev–Trinajstić information content (AvgIpc) is 2.79. The second kappa shape index (κ2) is 9.44. The van der Waals surface area contributed by atoms with Crippen LogP contribution in [0.4, 0.5) is 10.1 Å². The molecule has 0 radical (unpaired) electrons. The van der Waals surface area contributed by atoms with Crippen LogP contribution >= 0.6 is 0 Å². The van der Waals surface area contributed by atoms with Crippen LogP contribution in [0.15, 0.2) is 47.4 Å². The summed E-state index contributed by atoms with van der Waals surface area (Å²) in [5.41, 5.74) is 1.59. The van der Waals surface area contributed by atoms with E-state index in [9.17, 15) is 17.6 Å². The molecule has 0 unspecified atom stereocenters. The van der Waals surface area contributed by atoms with Crippen molar-refractivity contribution in [2.45, 2.75) is 38.0 Å². The number of halogens is 1. The van der Waals surface area contributed by atoms with Crippen LogP contribution in [0.5, 0.6) is 5.75 Å². The first kappa shape index (κ1) is 23.1. The number of anilines is 1. The van der Waals surface area contributed by atoms with Gasteiger partial charge in [0.15, 0.2) is 0 Å². The molecule has 0 saturated carbocycles. The number of fused-ring (bicyclic) bond motifs is 1. The molecule has 3 aromatic rings. The lowest BCUT2D eigenvalue weighted by molar-refractivity contribution is 0.102. The number of pyridine rings is 1. The molecule has 0 spiro atoms. The van der Waals surface area contributed by atoms with Gasteiger partial charge in [-0.3, -0.25) is 9.78 Å². The Balaban J connectivity index is 1.70. The highest BCUT2D eigenvalue weighted by Crippen LogP contribution is 2.32. The van der Waals surface area contributed by atoms with Crippen molar-refractivity contribution < 1.29 is 22.3 Å². The van der Waals surface area contributed by atoms with Gasteiger partial charge in [-0.1, -0.05) is 6.42 Å². The number of rotatable bonds is 6. The minimum absolute atomic E-state index is 0.0295. The highest BCUT2D eigenvalue weighted by molar-refractivity contribution is 7.89. The first-order valence-electron chi connectivity index (χ1n) is 10.9. The van der Waals surface area contributed by atoms with Crippen molar-refractivity contribution in [1.82, 2.24) is 9.29 Å². The number of hydrogen-bond donors (Lipinski definition) is 1. The molecule has 33 heavy (non-hydrogen) atoms. The number of aromatic nitrogens is 1. The maximum absolute atomic E-state index is 13.6. The van der Waals surface area contributed by atoms with E-state index in [1.807, 2.05) is 0 Å². The molecule has 174 valence electrons. The number of nitrogens with one attached hydrogen (secondary N) is 1. The Hall–Kier alpha value is -3.04. The molecule has 1 aliphatic heterocycles. The Kier molecular flexibility index (Phi) is 6.62. The Bertz CT molecular complexity index is 1300. The van der Waals surface area contributed by atoms with Crippen LogP contribution in [-0.4, -0.2) is 43.3 Å². The number of amides is 1. The predicted octanol–water partition coefficient (Wildman–Crippen LogP) is 4.51. The molecule has 7 nitrogen and oxygen atoms in total. The fraction of sp³-hybridized carbons (Fsp3) is 0.333. The number of piperidine rings is 1. The van der Waals surface area contributed by atoms with Gasteiger partial charge >= 0.3 is 0 Å². The van der Waals surface area contributed by atoms with E-state index in [0.717, 1.165) is 19.3 Å². The monoisotopic (exact) mass is 471 g/mol. The molecule has 1 N–H and O–H groups in total. The molecule has 2 heterocycles. The Morgan fingerprint density at radius 1 is 1.12 bits per heavy atom. The van der Waals surface area contributed by atoms with E-state index in [-0.39, 0.29) is 10.6 Å². The number of benzene rings is 2. The van der Waals surface area contributed by atoms with E-state index >= 15 is 0 Å². The second-order valence-electron chi connectivity index (χ2n) is 7.99. The molecule has 0 atom stereocenters. The fourth-order valence-electron chi connectivity index (χ4n) is 4.03. The molecule has 0 aliphatic carbocycles. The highest BCUT2D eigenvalue weighted by Gasteiger charge is 2.29. The van der Waals surface area contributed by atoms with E-state index < -0.39 is 21.7 Å². The lowest BCUT2D eigenvalue weighted by Gasteiger charge is -2.27.